The number of rotatable bonds is 8. The van der Waals surface area contributed by atoms with Crippen molar-refractivity contribution in [2.24, 2.45) is 0 Å². The third-order valence-electron chi connectivity index (χ3n) is 1.72. The smallest absolute Gasteiger partial charge is 0.343 e. The molecule has 0 aromatic heterocycles. The first-order valence-electron chi connectivity index (χ1n) is 5.30. The molecular weight excluding hydrogens is 224 g/mol. The van der Waals surface area contributed by atoms with E-state index in [0.29, 0.717) is 13.2 Å². The zero-order valence-corrected chi connectivity index (χ0v) is 10.3. The predicted octanol–water partition coefficient (Wildman–Crippen LogP) is 1.24. The standard InChI is InChI=1S/C12H18O5/c1-5-15-7-9(3)11(13)17-12(14)10(4)8-16-6-2/h3-8H2,1-2H3. The zero-order valence-electron chi connectivity index (χ0n) is 10.3. The molecule has 0 saturated carbocycles. The minimum Gasteiger partial charge on any atom is -0.386 e. The Morgan fingerprint density at radius 3 is 1.53 bits per heavy atom. The molecule has 0 aliphatic heterocycles. The number of carbonyl (C=O) groups is 2. The van der Waals surface area contributed by atoms with Crippen LogP contribution in [0.15, 0.2) is 24.3 Å². The topological polar surface area (TPSA) is 61.8 Å². The molecule has 0 fully saturated rings. The molecule has 0 heterocycles. The van der Waals surface area contributed by atoms with Crippen LogP contribution in [0, 0.1) is 0 Å². The third-order valence-corrected chi connectivity index (χ3v) is 1.72. The number of esters is 2. The fourth-order valence-electron chi connectivity index (χ4n) is 0.797. The highest BCUT2D eigenvalue weighted by molar-refractivity contribution is 6.01. The second-order valence-electron chi connectivity index (χ2n) is 3.16. The molecule has 5 heteroatoms. The van der Waals surface area contributed by atoms with Crippen LogP contribution in [0.25, 0.3) is 0 Å². The Hall–Kier alpha value is -1.46. The molecule has 0 unspecified atom stereocenters. The van der Waals surface area contributed by atoms with Gasteiger partial charge in [-0.3, -0.25) is 0 Å². The van der Waals surface area contributed by atoms with E-state index in [2.05, 4.69) is 17.9 Å². The van der Waals surface area contributed by atoms with Crippen molar-refractivity contribution in [2.45, 2.75) is 13.8 Å². The van der Waals surface area contributed by atoms with E-state index in [0.717, 1.165) is 0 Å². The van der Waals surface area contributed by atoms with Crippen LogP contribution in [0.3, 0.4) is 0 Å². The van der Waals surface area contributed by atoms with Crippen molar-refractivity contribution < 1.29 is 23.8 Å². The van der Waals surface area contributed by atoms with Gasteiger partial charge in [0, 0.05) is 13.2 Å². The second-order valence-corrected chi connectivity index (χ2v) is 3.16. The molecule has 0 saturated heterocycles. The lowest BCUT2D eigenvalue weighted by atomic mass is 10.3. The van der Waals surface area contributed by atoms with E-state index in [1.807, 2.05) is 0 Å². The molecule has 0 atom stereocenters. The van der Waals surface area contributed by atoms with Crippen LogP contribution in [0.5, 0.6) is 0 Å². The molecule has 5 nitrogen and oxygen atoms in total. The molecule has 0 bridgehead atoms. The summed E-state index contributed by atoms with van der Waals surface area (Å²) in [6, 6.07) is 0. The molecule has 0 aromatic rings. The van der Waals surface area contributed by atoms with E-state index in [-0.39, 0.29) is 24.4 Å². The Bertz CT molecular complexity index is 276. The summed E-state index contributed by atoms with van der Waals surface area (Å²) in [5.41, 5.74) is 0.175. The van der Waals surface area contributed by atoms with Crippen LogP contribution in [-0.2, 0) is 23.8 Å². The Labute approximate surface area is 101 Å². The van der Waals surface area contributed by atoms with Gasteiger partial charge in [0.1, 0.15) is 0 Å². The van der Waals surface area contributed by atoms with Crippen LogP contribution in [-0.4, -0.2) is 38.4 Å². The highest BCUT2D eigenvalue weighted by Gasteiger charge is 2.16. The first kappa shape index (κ1) is 15.5. The summed E-state index contributed by atoms with van der Waals surface area (Å²) in [5, 5.41) is 0. The second kappa shape index (κ2) is 8.66. The van der Waals surface area contributed by atoms with Crippen LogP contribution < -0.4 is 0 Å². The summed E-state index contributed by atoms with van der Waals surface area (Å²) in [6.45, 7) is 11.5. The van der Waals surface area contributed by atoms with Gasteiger partial charge in [0.05, 0.1) is 24.4 Å². The van der Waals surface area contributed by atoms with Gasteiger partial charge in [-0.25, -0.2) is 9.59 Å². The molecule has 0 aromatic carbocycles. The Morgan fingerprint density at radius 1 is 0.882 bits per heavy atom. The van der Waals surface area contributed by atoms with Gasteiger partial charge in [0.2, 0.25) is 0 Å². The van der Waals surface area contributed by atoms with E-state index in [9.17, 15) is 9.59 Å². The minimum absolute atomic E-state index is 0.0422. The Kier molecular flexibility index (Phi) is 7.92. The van der Waals surface area contributed by atoms with Gasteiger partial charge < -0.3 is 14.2 Å². The minimum atomic E-state index is -0.805. The molecule has 0 amide bonds. The number of hydrogen-bond donors (Lipinski definition) is 0. The van der Waals surface area contributed by atoms with Crippen LogP contribution >= 0.6 is 0 Å². The lowest BCUT2D eigenvalue weighted by Gasteiger charge is -2.07. The van der Waals surface area contributed by atoms with Gasteiger partial charge >= 0.3 is 11.9 Å². The maximum Gasteiger partial charge on any atom is 0.343 e. The highest BCUT2D eigenvalue weighted by Crippen LogP contribution is 2.01. The molecule has 0 aliphatic carbocycles. The summed E-state index contributed by atoms with van der Waals surface area (Å²) in [4.78, 5) is 22.7. The summed E-state index contributed by atoms with van der Waals surface area (Å²) >= 11 is 0. The van der Waals surface area contributed by atoms with Crippen molar-refractivity contribution in [3.8, 4) is 0 Å². The monoisotopic (exact) mass is 242 g/mol. The molecule has 0 spiro atoms. The maximum absolute atomic E-state index is 11.3. The van der Waals surface area contributed by atoms with Crippen molar-refractivity contribution in [1.82, 2.24) is 0 Å². The first-order valence-corrected chi connectivity index (χ1v) is 5.30. The summed E-state index contributed by atoms with van der Waals surface area (Å²) in [5.74, 6) is -1.61. The first-order chi connectivity index (χ1) is 8.02. The zero-order chi connectivity index (χ0) is 13.3. The van der Waals surface area contributed by atoms with E-state index < -0.39 is 11.9 Å². The van der Waals surface area contributed by atoms with Crippen molar-refractivity contribution in [2.75, 3.05) is 26.4 Å². The number of hydrogen-bond acceptors (Lipinski definition) is 5. The summed E-state index contributed by atoms with van der Waals surface area (Å²) in [6.07, 6.45) is 0. The SMILES string of the molecule is C=C(COCC)C(=O)OC(=O)C(=C)COCC. The quantitative estimate of drug-likeness (QED) is 0.364. The summed E-state index contributed by atoms with van der Waals surface area (Å²) < 4.78 is 14.5. The lowest BCUT2D eigenvalue weighted by Crippen LogP contribution is -2.19. The summed E-state index contributed by atoms with van der Waals surface area (Å²) in [7, 11) is 0. The number of ether oxygens (including phenoxy) is 3. The van der Waals surface area contributed by atoms with Crippen molar-refractivity contribution in [1.29, 1.82) is 0 Å². The Morgan fingerprint density at radius 2 is 1.24 bits per heavy atom. The van der Waals surface area contributed by atoms with Crippen molar-refractivity contribution in [3.63, 3.8) is 0 Å². The van der Waals surface area contributed by atoms with Gasteiger partial charge in [0.25, 0.3) is 0 Å². The van der Waals surface area contributed by atoms with E-state index in [1.165, 1.54) is 0 Å². The van der Waals surface area contributed by atoms with Gasteiger partial charge in [0.15, 0.2) is 0 Å². The molecular formula is C12H18O5. The van der Waals surface area contributed by atoms with Gasteiger partial charge in [-0.1, -0.05) is 13.2 Å². The fraction of sp³-hybridized carbons (Fsp3) is 0.500. The third kappa shape index (κ3) is 6.65. The molecule has 96 valence electrons. The maximum atomic E-state index is 11.3. The van der Waals surface area contributed by atoms with Crippen LogP contribution in [0.4, 0.5) is 0 Å². The van der Waals surface area contributed by atoms with Gasteiger partial charge in [-0.2, -0.15) is 0 Å². The van der Waals surface area contributed by atoms with Crippen LogP contribution in [0.2, 0.25) is 0 Å². The largest absolute Gasteiger partial charge is 0.386 e. The van der Waals surface area contributed by atoms with Crippen molar-refractivity contribution in [3.05, 3.63) is 24.3 Å². The van der Waals surface area contributed by atoms with Crippen molar-refractivity contribution >= 4 is 11.9 Å². The van der Waals surface area contributed by atoms with Crippen LogP contribution in [0.1, 0.15) is 13.8 Å². The number of carbonyl (C=O) groups excluding carboxylic acids is 2. The molecule has 0 rings (SSSR count). The van der Waals surface area contributed by atoms with E-state index in [4.69, 9.17) is 9.47 Å². The predicted molar refractivity (Wildman–Crippen MR) is 62.4 cm³/mol. The van der Waals surface area contributed by atoms with Gasteiger partial charge in [-0.15, -0.1) is 0 Å². The molecule has 0 radical (unpaired) electrons. The van der Waals surface area contributed by atoms with E-state index in [1.54, 1.807) is 13.8 Å². The molecule has 17 heavy (non-hydrogen) atoms. The normalized spacial score (nSPS) is 9.76. The fourth-order valence-corrected chi connectivity index (χ4v) is 0.797. The molecule has 0 aliphatic rings. The van der Waals surface area contributed by atoms with Gasteiger partial charge in [-0.05, 0) is 13.8 Å². The molecule has 0 N–H and O–H groups in total. The average Bonchev–Trinajstić information content (AvgIpc) is 2.32. The van der Waals surface area contributed by atoms with E-state index >= 15 is 0 Å². The lowest BCUT2D eigenvalue weighted by molar-refractivity contribution is -0.154. The Balaban J connectivity index is 4.06. The average molecular weight is 242 g/mol. The highest BCUT2D eigenvalue weighted by atomic mass is 16.6.